The van der Waals surface area contributed by atoms with Gasteiger partial charge in [-0.3, -0.25) is 4.79 Å². The Morgan fingerprint density at radius 3 is 2.87 bits per heavy atom. The molecule has 1 aromatic rings. The van der Waals surface area contributed by atoms with E-state index in [2.05, 4.69) is 0 Å². The molecule has 0 radical (unpaired) electrons. The number of carbonyl (C=O) groups is 1. The van der Waals surface area contributed by atoms with Crippen LogP contribution in [-0.4, -0.2) is 37.1 Å². The van der Waals surface area contributed by atoms with Crippen molar-refractivity contribution in [3.8, 4) is 0 Å². The van der Waals surface area contributed by atoms with E-state index in [1.807, 2.05) is 29.5 Å². The average molecular weight is 225 g/mol. The number of nitrogens with zero attached hydrogens (tertiary/aromatic N) is 1. The number of amides is 1. The van der Waals surface area contributed by atoms with Crippen molar-refractivity contribution < 1.29 is 9.53 Å². The highest BCUT2D eigenvalue weighted by Gasteiger charge is 2.23. The molecule has 0 saturated carbocycles. The highest BCUT2D eigenvalue weighted by atomic mass is 32.1. The molecule has 0 N–H and O–H groups in total. The predicted molar refractivity (Wildman–Crippen MR) is 60.3 cm³/mol. The summed E-state index contributed by atoms with van der Waals surface area (Å²) in [5, 5.41) is 1.94. The molecule has 0 bridgehead atoms. The third-order valence-corrected chi connectivity index (χ3v) is 3.65. The van der Waals surface area contributed by atoms with Gasteiger partial charge in [0.25, 0.3) is 5.91 Å². The fourth-order valence-corrected chi connectivity index (χ4v) is 2.52. The van der Waals surface area contributed by atoms with Crippen LogP contribution in [0.5, 0.6) is 0 Å². The van der Waals surface area contributed by atoms with Gasteiger partial charge in [0.2, 0.25) is 0 Å². The second-order valence-corrected chi connectivity index (χ2v) is 4.68. The summed E-state index contributed by atoms with van der Waals surface area (Å²) < 4.78 is 5.28. The van der Waals surface area contributed by atoms with Gasteiger partial charge >= 0.3 is 0 Å². The Hall–Kier alpha value is -0.870. The van der Waals surface area contributed by atoms with Crippen LogP contribution in [0.3, 0.4) is 0 Å². The standard InChI is InChI=1S/C11H15NO2S/c1-12(9-4-6-14-7-5-9)11(13)10-3-2-8-15-10/h2-3,8-9H,4-7H2,1H3. The Morgan fingerprint density at radius 2 is 2.27 bits per heavy atom. The van der Waals surface area contributed by atoms with E-state index < -0.39 is 0 Å². The number of rotatable bonds is 2. The van der Waals surface area contributed by atoms with E-state index in [1.54, 1.807) is 0 Å². The highest BCUT2D eigenvalue weighted by molar-refractivity contribution is 7.12. The van der Waals surface area contributed by atoms with E-state index in [-0.39, 0.29) is 5.91 Å². The third-order valence-electron chi connectivity index (χ3n) is 2.79. The van der Waals surface area contributed by atoms with Crippen molar-refractivity contribution in [3.05, 3.63) is 22.4 Å². The van der Waals surface area contributed by atoms with Gasteiger partial charge in [-0.2, -0.15) is 0 Å². The molecule has 15 heavy (non-hydrogen) atoms. The van der Waals surface area contributed by atoms with Crippen LogP contribution in [0.4, 0.5) is 0 Å². The summed E-state index contributed by atoms with van der Waals surface area (Å²) >= 11 is 1.50. The van der Waals surface area contributed by atoms with Crippen molar-refractivity contribution in [2.45, 2.75) is 18.9 Å². The lowest BCUT2D eigenvalue weighted by Crippen LogP contribution is -2.40. The molecule has 3 nitrogen and oxygen atoms in total. The van der Waals surface area contributed by atoms with Gasteiger partial charge in [-0.15, -0.1) is 11.3 Å². The lowest BCUT2D eigenvalue weighted by Gasteiger charge is -2.30. The van der Waals surface area contributed by atoms with Crippen LogP contribution in [0.1, 0.15) is 22.5 Å². The minimum absolute atomic E-state index is 0.136. The minimum atomic E-state index is 0.136. The van der Waals surface area contributed by atoms with Crippen molar-refractivity contribution in [1.29, 1.82) is 0 Å². The van der Waals surface area contributed by atoms with Crippen LogP contribution in [-0.2, 0) is 4.74 Å². The molecular weight excluding hydrogens is 210 g/mol. The molecule has 0 aliphatic carbocycles. The van der Waals surface area contributed by atoms with Crippen molar-refractivity contribution in [3.63, 3.8) is 0 Å². The second kappa shape index (κ2) is 4.77. The maximum Gasteiger partial charge on any atom is 0.263 e. The molecule has 0 aromatic carbocycles. The molecular formula is C11H15NO2S. The number of hydrogen-bond donors (Lipinski definition) is 0. The smallest absolute Gasteiger partial charge is 0.263 e. The first kappa shape index (κ1) is 10.6. The van der Waals surface area contributed by atoms with E-state index in [0.717, 1.165) is 30.9 Å². The summed E-state index contributed by atoms with van der Waals surface area (Å²) in [6.45, 7) is 1.54. The summed E-state index contributed by atoms with van der Waals surface area (Å²) in [7, 11) is 1.89. The summed E-state index contributed by atoms with van der Waals surface area (Å²) in [4.78, 5) is 14.7. The van der Waals surface area contributed by atoms with Gasteiger partial charge in [-0.1, -0.05) is 6.07 Å². The van der Waals surface area contributed by atoms with Crippen LogP contribution in [0.2, 0.25) is 0 Å². The molecule has 0 atom stereocenters. The van der Waals surface area contributed by atoms with E-state index in [0.29, 0.717) is 6.04 Å². The maximum atomic E-state index is 12.0. The summed E-state index contributed by atoms with van der Waals surface area (Å²) in [6, 6.07) is 4.13. The van der Waals surface area contributed by atoms with Crippen LogP contribution in [0, 0.1) is 0 Å². The minimum Gasteiger partial charge on any atom is -0.381 e. The Labute approximate surface area is 93.7 Å². The molecule has 1 amide bonds. The van der Waals surface area contributed by atoms with Gasteiger partial charge in [0.1, 0.15) is 0 Å². The zero-order valence-electron chi connectivity index (χ0n) is 8.81. The zero-order chi connectivity index (χ0) is 10.7. The highest BCUT2D eigenvalue weighted by Crippen LogP contribution is 2.17. The summed E-state index contributed by atoms with van der Waals surface area (Å²) in [5.41, 5.74) is 0. The van der Waals surface area contributed by atoms with Crippen molar-refractivity contribution >= 4 is 17.2 Å². The van der Waals surface area contributed by atoms with Gasteiger partial charge < -0.3 is 9.64 Å². The Kier molecular flexibility index (Phi) is 3.38. The molecule has 2 heterocycles. The SMILES string of the molecule is CN(C(=O)c1cccs1)C1CCOCC1. The van der Waals surface area contributed by atoms with Crippen LogP contribution >= 0.6 is 11.3 Å². The lowest BCUT2D eigenvalue weighted by molar-refractivity contribution is 0.0365. The quantitative estimate of drug-likeness (QED) is 0.770. The number of carbonyl (C=O) groups excluding carboxylic acids is 1. The Balaban J connectivity index is 2.00. The molecule has 1 fully saturated rings. The molecule has 4 heteroatoms. The Morgan fingerprint density at radius 1 is 1.53 bits per heavy atom. The van der Waals surface area contributed by atoms with E-state index in [1.165, 1.54) is 11.3 Å². The molecule has 1 aromatic heterocycles. The van der Waals surface area contributed by atoms with Crippen LogP contribution < -0.4 is 0 Å². The summed E-state index contributed by atoms with van der Waals surface area (Å²) in [5.74, 6) is 0.136. The van der Waals surface area contributed by atoms with Gasteiger partial charge in [0.15, 0.2) is 0 Å². The Bertz CT molecular complexity index is 317. The molecule has 0 spiro atoms. The largest absolute Gasteiger partial charge is 0.381 e. The molecule has 1 aliphatic rings. The summed E-state index contributed by atoms with van der Waals surface area (Å²) in [6.07, 6.45) is 1.90. The normalized spacial score (nSPS) is 17.7. The first-order chi connectivity index (χ1) is 7.29. The van der Waals surface area contributed by atoms with E-state index in [4.69, 9.17) is 4.74 Å². The predicted octanol–water partition coefficient (Wildman–Crippen LogP) is 2.00. The molecule has 1 saturated heterocycles. The number of hydrogen-bond acceptors (Lipinski definition) is 3. The molecule has 0 unspecified atom stereocenters. The monoisotopic (exact) mass is 225 g/mol. The number of thiophene rings is 1. The first-order valence-electron chi connectivity index (χ1n) is 5.17. The zero-order valence-corrected chi connectivity index (χ0v) is 9.63. The van der Waals surface area contributed by atoms with Crippen LogP contribution in [0.15, 0.2) is 17.5 Å². The fourth-order valence-electron chi connectivity index (χ4n) is 1.81. The lowest BCUT2D eigenvalue weighted by atomic mass is 10.1. The van der Waals surface area contributed by atoms with Gasteiger partial charge in [-0.25, -0.2) is 0 Å². The van der Waals surface area contributed by atoms with Crippen molar-refractivity contribution in [2.24, 2.45) is 0 Å². The molecule has 1 aliphatic heterocycles. The first-order valence-corrected chi connectivity index (χ1v) is 6.05. The van der Waals surface area contributed by atoms with Gasteiger partial charge in [-0.05, 0) is 24.3 Å². The average Bonchev–Trinajstić information content (AvgIpc) is 2.82. The van der Waals surface area contributed by atoms with Crippen LogP contribution in [0.25, 0.3) is 0 Å². The topological polar surface area (TPSA) is 29.5 Å². The molecule has 82 valence electrons. The molecule has 2 rings (SSSR count). The second-order valence-electron chi connectivity index (χ2n) is 3.74. The third kappa shape index (κ3) is 2.38. The maximum absolute atomic E-state index is 12.0. The van der Waals surface area contributed by atoms with E-state index >= 15 is 0 Å². The van der Waals surface area contributed by atoms with Gasteiger partial charge in [0.05, 0.1) is 4.88 Å². The van der Waals surface area contributed by atoms with Crippen molar-refractivity contribution in [1.82, 2.24) is 4.90 Å². The fraction of sp³-hybridized carbons (Fsp3) is 0.545. The van der Waals surface area contributed by atoms with Gasteiger partial charge in [0, 0.05) is 26.3 Å². The number of ether oxygens (including phenoxy) is 1. The van der Waals surface area contributed by atoms with Crippen molar-refractivity contribution in [2.75, 3.05) is 20.3 Å². The van der Waals surface area contributed by atoms with E-state index in [9.17, 15) is 4.79 Å².